The molecule has 4 heteroatoms. The molecule has 100 valence electrons. The van der Waals surface area contributed by atoms with Gasteiger partial charge in [-0.15, -0.1) is 0 Å². The lowest BCUT2D eigenvalue weighted by Crippen LogP contribution is -2.32. The summed E-state index contributed by atoms with van der Waals surface area (Å²) in [7, 11) is 0. The molecule has 0 unspecified atom stereocenters. The van der Waals surface area contributed by atoms with Crippen molar-refractivity contribution in [2.75, 3.05) is 18.1 Å². The molecule has 0 fully saturated rings. The molecule has 1 aliphatic rings. The lowest BCUT2D eigenvalue weighted by atomic mass is 10.1. The number of para-hydroxylation sites is 2. The normalized spacial score (nSPS) is 13.3. The number of ether oxygens (including phenoxy) is 1. The van der Waals surface area contributed by atoms with Gasteiger partial charge in [0, 0.05) is 12.1 Å². The third-order valence-electron chi connectivity index (χ3n) is 3.36. The van der Waals surface area contributed by atoms with Crippen LogP contribution in [0.15, 0.2) is 42.5 Å². The number of hydrogen-bond donors (Lipinski definition) is 0. The molecule has 0 saturated carbocycles. The van der Waals surface area contributed by atoms with Crippen LogP contribution in [-0.2, 0) is 6.54 Å². The van der Waals surface area contributed by atoms with Crippen LogP contribution in [0, 0.1) is 17.1 Å². The molecule has 1 aliphatic heterocycles. The van der Waals surface area contributed by atoms with E-state index in [1.807, 2.05) is 30.3 Å². The highest BCUT2D eigenvalue weighted by atomic mass is 19.1. The number of nitriles is 1. The van der Waals surface area contributed by atoms with Crippen molar-refractivity contribution < 1.29 is 9.13 Å². The minimum Gasteiger partial charge on any atom is -0.490 e. The summed E-state index contributed by atoms with van der Waals surface area (Å²) in [4.78, 5) is 2.07. The first-order chi connectivity index (χ1) is 9.78. The molecule has 0 N–H and O–H groups in total. The molecule has 0 aliphatic carbocycles. The van der Waals surface area contributed by atoms with Crippen LogP contribution in [0.3, 0.4) is 0 Å². The van der Waals surface area contributed by atoms with Crippen LogP contribution in [0.4, 0.5) is 10.1 Å². The minimum atomic E-state index is -0.284. The number of hydrogen-bond acceptors (Lipinski definition) is 3. The van der Waals surface area contributed by atoms with Crippen molar-refractivity contribution in [1.29, 1.82) is 5.26 Å². The second kappa shape index (κ2) is 5.22. The quantitative estimate of drug-likeness (QED) is 0.839. The second-order valence-corrected chi connectivity index (χ2v) is 4.66. The fourth-order valence-corrected chi connectivity index (χ4v) is 2.36. The van der Waals surface area contributed by atoms with Crippen molar-refractivity contribution in [3.8, 4) is 11.8 Å². The van der Waals surface area contributed by atoms with Crippen LogP contribution in [0.5, 0.6) is 5.75 Å². The number of nitrogens with zero attached hydrogens (tertiary/aromatic N) is 2. The number of fused-ring (bicyclic) bond motifs is 1. The van der Waals surface area contributed by atoms with E-state index in [-0.39, 0.29) is 5.82 Å². The van der Waals surface area contributed by atoms with Crippen LogP contribution < -0.4 is 9.64 Å². The lowest BCUT2D eigenvalue weighted by molar-refractivity contribution is 0.306. The van der Waals surface area contributed by atoms with Crippen molar-refractivity contribution >= 4 is 5.69 Å². The molecule has 0 radical (unpaired) electrons. The van der Waals surface area contributed by atoms with E-state index >= 15 is 0 Å². The molecular weight excluding hydrogens is 255 g/mol. The van der Waals surface area contributed by atoms with Crippen LogP contribution in [0.2, 0.25) is 0 Å². The van der Waals surface area contributed by atoms with Crippen molar-refractivity contribution in [2.24, 2.45) is 0 Å². The van der Waals surface area contributed by atoms with E-state index in [0.29, 0.717) is 30.8 Å². The van der Waals surface area contributed by atoms with Gasteiger partial charge in [0.25, 0.3) is 0 Å². The van der Waals surface area contributed by atoms with Crippen LogP contribution >= 0.6 is 0 Å². The number of halogens is 1. The van der Waals surface area contributed by atoms with E-state index in [1.165, 1.54) is 12.1 Å². The van der Waals surface area contributed by atoms with Gasteiger partial charge in [-0.05, 0) is 30.3 Å². The summed E-state index contributed by atoms with van der Waals surface area (Å²) in [6, 6.07) is 14.2. The maximum absolute atomic E-state index is 13.9. The largest absolute Gasteiger partial charge is 0.490 e. The van der Waals surface area contributed by atoms with E-state index in [9.17, 15) is 4.39 Å². The van der Waals surface area contributed by atoms with Crippen molar-refractivity contribution in [3.05, 3.63) is 59.4 Å². The number of rotatable bonds is 2. The first-order valence-corrected chi connectivity index (χ1v) is 6.43. The summed E-state index contributed by atoms with van der Waals surface area (Å²) in [6.45, 7) is 1.71. The fraction of sp³-hybridized carbons (Fsp3) is 0.188. The molecule has 0 spiro atoms. The van der Waals surface area contributed by atoms with Crippen molar-refractivity contribution in [3.63, 3.8) is 0 Å². The highest BCUT2D eigenvalue weighted by Crippen LogP contribution is 2.32. The van der Waals surface area contributed by atoms with Gasteiger partial charge in [-0.1, -0.05) is 12.1 Å². The smallest absolute Gasteiger partial charge is 0.142 e. The van der Waals surface area contributed by atoms with Gasteiger partial charge in [-0.2, -0.15) is 5.26 Å². The molecule has 0 bridgehead atoms. The maximum Gasteiger partial charge on any atom is 0.142 e. The van der Waals surface area contributed by atoms with Crippen LogP contribution in [0.1, 0.15) is 11.1 Å². The van der Waals surface area contributed by atoms with E-state index < -0.39 is 0 Å². The molecule has 3 rings (SSSR count). The zero-order chi connectivity index (χ0) is 13.9. The van der Waals surface area contributed by atoms with Crippen LogP contribution in [0.25, 0.3) is 0 Å². The summed E-state index contributed by atoms with van der Waals surface area (Å²) in [5, 5.41) is 8.91. The van der Waals surface area contributed by atoms with Gasteiger partial charge in [0.1, 0.15) is 18.2 Å². The van der Waals surface area contributed by atoms with Gasteiger partial charge >= 0.3 is 0 Å². The monoisotopic (exact) mass is 268 g/mol. The van der Waals surface area contributed by atoms with Crippen molar-refractivity contribution in [1.82, 2.24) is 0 Å². The van der Waals surface area contributed by atoms with Gasteiger partial charge in [0.05, 0.1) is 23.9 Å². The zero-order valence-corrected chi connectivity index (χ0v) is 10.8. The Morgan fingerprint density at radius 1 is 1.25 bits per heavy atom. The third kappa shape index (κ3) is 2.30. The fourth-order valence-electron chi connectivity index (χ4n) is 2.36. The Morgan fingerprint density at radius 2 is 2.10 bits per heavy atom. The Labute approximate surface area is 116 Å². The Kier molecular flexibility index (Phi) is 3.26. The third-order valence-corrected chi connectivity index (χ3v) is 3.36. The topological polar surface area (TPSA) is 36.3 Å². The average Bonchev–Trinajstić information content (AvgIpc) is 2.50. The summed E-state index contributed by atoms with van der Waals surface area (Å²) in [5.74, 6) is 0.531. The number of anilines is 1. The van der Waals surface area contributed by atoms with Gasteiger partial charge < -0.3 is 9.64 Å². The van der Waals surface area contributed by atoms with E-state index in [0.717, 1.165) is 11.4 Å². The Morgan fingerprint density at radius 3 is 2.95 bits per heavy atom. The minimum absolute atomic E-state index is 0.284. The summed E-state index contributed by atoms with van der Waals surface area (Å²) in [5.41, 5.74) is 1.96. The predicted octanol–water partition coefficient (Wildman–Crippen LogP) is 3.10. The molecule has 2 aromatic carbocycles. The lowest BCUT2D eigenvalue weighted by Gasteiger charge is -2.31. The van der Waals surface area contributed by atoms with Gasteiger partial charge in [0.2, 0.25) is 0 Å². The molecule has 0 amide bonds. The first kappa shape index (κ1) is 12.5. The second-order valence-electron chi connectivity index (χ2n) is 4.66. The van der Waals surface area contributed by atoms with Crippen molar-refractivity contribution in [2.45, 2.75) is 6.54 Å². The summed E-state index contributed by atoms with van der Waals surface area (Å²) in [6.07, 6.45) is 0. The van der Waals surface area contributed by atoms with Gasteiger partial charge in [-0.3, -0.25) is 0 Å². The molecule has 0 aromatic heterocycles. The molecule has 0 atom stereocenters. The molecule has 0 saturated heterocycles. The zero-order valence-electron chi connectivity index (χ0n) is 10.8. The maximum atomic E-state index is 13.9. The van der Waals surface area contributed by atoms with Gasteiger partial charge in [-0.25, -0.2) is 4.39 Å². The molecule has 1 heterocycles. The SMILES string of the molecule is N#Cc1ccc(F)c(CN2CCOc3ccccc32)c1. The Bertz CT molecular complexity index is 678. The average molecular weight is 268 g/mol. The highest BCUT2D eigenvalue weighted by Gasteiger charge is 2.18. The Hall–Kier alpha value is -2.54. The molecule has 3 nitrogen and oxygen atoms in total. The highest BCUT2D eigenvalue weighted by molar-refractivity contribution is 5.60. The number of benzene rings is 2. The Balaban J connectivity index is 1.91. The molecule has 20 heavy (non-hydrogen) atoms. The van der Waals surface area contributed by atoms with E-state index in [2.05, 4.69) is 4.90 Å². The summed E-state index contributed by atoms with van der Waals surface area (Å²) >= 11 is 0. The van der Waals surface area contributed by atoms with Gasteiger partial charge in [0.15, 0.2) is 0 Å². The summed E-state index contributed by atoms with van der Waals surface area (Å²) < 4.78 is 19.4. The van der Waals surface area contributed by atoms with E-state index in [1.54, 1.807) is 6.07 Å². The van der Waals surface area contributed by atoms with E-state index in [4.69, 9.17) is 10.00 Å². The molecular formula is C16H13FN2O. The van der Waals surface area contributed by atoms with Crippen LogP contribution in [-0.4, -0.2) is 13.2 Å². The first-order valence-electron chi connectivity index (χ1n) is 6.43. The molecule has 2 aromatic rings. The standard InChI is InChI=1S/C16H13FN2O/c17-14-6-5-12(10-18)9-13(14)11-19-7-8-20-16-4-2-1-3-15(16)19/h1-6,9H,7-8,11H2. The predicted molar refractivity (Wildman–Crippen MR) is 74.1 cm³/mol.